The van der Waals surface area contributed by atoms with Gasteiger partial charge < -0.3 is 14.6 Å². The molecule has 3 rings (SSSR count). The Morgan fingerprint density at radius 1 is 1.29 bits per heavy atom. The second-order valence-electron chi connectivity index (χ2n) is 5.28. The molecule has 6 nitrogen and oxygen atoms in total. The number of rotatable bonds is 5. The highest BCUT2D eigenvalue weighted by Gasteiger charge is 2.23. The molecule has 2 N–H and O–H groups in total. The minimum Gasteiger partial charge on any atom is -0.481 e. The summed E-state index contributed by atoms with van der Waals surface area (Å²) in [6.07, 6.45) is 1.24. The molecule has 0 fully saturated rings. The lowest BCUT2D eigenvalue weighted by Crippen LogP contribution is -2.03. The number of halogens is 1. The largest absolute Gasteiger partial charge is 0.481 e. The van der Waals surface area contributed by atoms with Crippen molar-refractivity contribution in [3.8, 4) is 11.3 Å². The fraction of sp³-hybridized carbons (Fsp3) is 0.118. The number of aromatic amines is 1. The molecule has 24 heavy (non-hydrogen) atoms. The van der Waals surface area contributed by atoms with Crippen LogP contribution in [0.2, 0.25) is 0 Å². The third-order valence-electron chi connectivity index (χ3n) is 3.55. The van der Waals surface area contributed by atoms with E-state index in [9.17, 15) is 14.0 Å². The molecule has 3 aromatic rings. The molecule has 0 radical (unpaired) electrons. The average molecular weight is 328 g/mol. The molecule has 0 amide bonds. The molecule has 0 aliphatic carbocycles. The second-order valence-corrected chi connectivity index (χ2v) is 5.28. The van der Waals surface area contributed by atoms with Crippen molar-refractivity contribution in [1.82, 2.24) is 10.1 Å². The van der Waals surface area contributed by atoms with E-state index in [1.165, 1.54) is 36.5 Å². The van der Waals surface area contributed by atoms with Gasteiger partial charge in [-0.25, -0.2) is 4.39 Å². The summed E-state index contributed by atoms with van der Waals surface area (Å²) >= 11 is 0. The third kappa shape index (κ3) is 2.96. The Bertz CT molecular complexity index is 909. The van der Waals surface area contributed by atoms with Gasteiger partial charge in [-0.3, -0.25) is 9.59 Å². The fourth-order valence-electron chi connectivity index (χ4n) is 2.43. The number of carboxylic acid groups (broad SMARTS) is 1. The van der Waals surface area contributed by atoms with Crippen LogP contribution in [0.4, 0.5) is 4.39 Å². The highest BCUT2D eigenvalue weighted by molar-refractivity contribution is 6.13. The first-order valence-corrected chi connectivity index (χ1v) is 7.11. The lowest BCUT2D eigenvalue weighted by atomic mass is 9.99. The molecule has 0 saturated carbocycles. The number of ketones is 1. The zero-order valence-corrected chi connectivity index (χ0v) is 12.7. The van der Waals surface area contributed by atoms with E-state index in [0.717, 1.165) is 0 Å². The lowest BCUT2D eigenvalue weighted by Gasteiger charge is -2.01. The van der Waals surface area contributed by atoms with Crippen LogP contribution in [0.5, 0.6) is 0 Å². The number of aliphatic carboxylic acids is 1. The Balaban J connectivity index is 1.98. The van der Waals surface area contributed by atoms with E-state index in [-0.39, 0.29) is 17.8 Å². The first-order chi connectivity index (χ1) is 11.5. The van der Waals surface area contributed by atoms with E-state index in [1.807, 2.05) is 0 Å². The molecule has 2 aromatic heterocycles. The zero-order chi connectivity index (χ0) is 17.3. The Morgan fingerprint density at radius 3 is 2.67 bits per heavy atom. The Hall–Kier alpha value is -3.22. The van der Waals surface area contributed by atoms with Crippen LogP contribution in [0.15, 0.2) is 41.1 Å². The fourth-order valence-corrected chi connectivity index (χ4v) is 2.43. The van der Waals surface area contributed by atoms with Crippen LogP contribution < -0.4 is 0 Å². The number of aryl methyl sites for hydroxylation is 1. The number of nitrogens with zero attached hydrogens (tertiary/aromatic N) is 1. The first-order valence-electron chi connectivity index (χ1n) is 7.11. The van der Waals surface area contributed by atoms with Gasteiger partial charge in [0.15, 0.2) is 5.78 Å². The van der Waals surface area contributed by atoms with Crippen LogP contribution in [0.25, 0.3) is 11.3 Å². The predicted octanol–water partition coefficient (Wildman–Crippen LogP) is 2.98. The molecular weight excluding hydrogens is 315 g/mol. The van der Waals surface area contributed by atoms with Gasteiger partial charge in [0, 0.05) is 23.0 Å². The number of carbonyl (C=O) groups is 2. The number of hydrogen-bond donors (Lipinski definition) is 2. The number of H-pyrrole nitrogens is 1. The van der Waals surface area contributed by atoms with Crippen LogP contribution in [-0.2, 0) is 11.2 Å². The van der Waals surface area contributed by atoms with Crippen molar-refractivity contribution >= 4 is 11.8 Å². The van der Waals surface area contributed by atoms with Gasteiger partial charge >= 0.3 is 5.97 Å². The molecule has 1 aromatic carbocycles. The van der Waals surface area contributed by atoms with Gasteiger partial charge in [0.1, 0.15) is 17.3 Å². The second kappa shape index (κ2) is 6.11. The van der Waals surface area contributed by atoms with Crippen LogP contribution in [-0.4, -0.2) is 27.0 Å². The van der Waals surface area contributed by atoms with Crippen LogP contribution in [0.1, 0.15) is 27.4 Å². The van der Waals surface area contributed by atoms with Crippen molar-refractivity contribution in [3.05, 3.63) is 64.9 Å². The zero-order valence-electron chi connectivity index (χ0n) is 12.7. The molecule has 0 bridgehead atoms. The normalized spacial score (nSPS) is 10.8. The summed E-state index contributed by atoms with van der Waals surface area (Å²) in [6, 6.07) is 7.05. The van der Waals surface area contributed by atoms with Gasteiger partial charge in [-0.1, -0.05) is 5.16 Å². The quantitative estimate of drug-likeness (QED) is 0.702. The molecular formula is C17H13FN2O4. The Labute approximate surface area is 135 Å². The Kier molecular flexibility index (Phi) is 3.99. The van der Waals surface area contributed by atoms with E-state index in [1.54, 1.807) is 6.92 Å². The molecule has 0 aliphatic heterocycles. The monoisotopic (exact) mass is 328 g/mol. The van der Waals surface area contributed by atoms with Gasteiger partial charge in [0.25, 0.3) is 0 Å². The van der Waals surface area contributed by atoms with Crippen LogP contribution >= 0.6 is 0 Å². The Morgan fingerprint density at radius 2 is 2.00 bits per heavy atom. The number of aromatic nitrogens is 2. The first kappa shape index (κ1) is 15.7. The van der Waals surface area contributed by atoms with E-state index in [4.69, 9.17) is 9.63 Å². The summed E-state index contributed by atoms with van der Waals surface area (Å²) in [6.45, 7) is 1.61. The number of nitrogens with one attached hydrogen (secondary N) is 1. The predicted molar refractivity (Wildman–Crippen MR) is 82.2 cm³/mol. The van der Waals surface area contributed by atoms with Crippen molar-refractivity contribution < 1.29 is 23.6 Å². The summed E-state index contributed by atoms with van der Waals surface area (Å²) in [5.41, 5.74) is 1.86. The summed E-state index contributed by atoms with van der Waals surface area (Å²) in [7, 11) is 0. The number of carbonyl (C=O) groups excluding carboxylic acids is 1. The van der Waals surface area contributed by atoms with E-state index in [2.05, 4.69) is 10.1 Å². The molecule has 0 unspecified atom stereocenters. The van der Waals surface area contributed by atoms with Gasteiger partial charge in [0.05, 0.1) is 12.0 Å². The van der Waals surface area contributed by atoms with E-state index >= 15 is 0 Å². The topological polar surface area (TPSA) is 96.2 Å². The van der Waals surface area contributed by atoms with Gasteiger partial charge in [0.2, 0.25) is 0 Å². The average Bonchev–Trinajstić information content (AvgIpc) is 3.14. The van der Waals surface area contributed by atoms with Crippen molar-refractivity contribution in [3.63, 3.8) is 0 Å². The molecule has 0 aliphatic rings. The minimum absolute atomic E-state index is 0.208. The third-order valence-corrected chi connectivity index (χ3v) is 3.55. The highest BCUT2D eigenvalue weighted by atomic mass is 19.1. The molecule has 2 heterocycles. The SMILES string of the molecule is Cc1onc(-c2ccc(F)cc2)c1C(=O)c1c[nH]c(CC(=O)O)c1. The van der Waals surface area contributed by atoms with Gasteiger partial charge in [-0.15, -0.1) is 0 Å². The summed E-state index contributed by atoms with van der Waals surface area (Å²) in [4.78, 5) is 26.2. The van der Waals surface area contributed by atoms with Gasteiger partial charge in [-0.05, 0) is 37.3 Å². The summed E-state index contributed by atoms with van der Waals surface area (Å²) in [5, 5.41) is 12.7. The molecule has 0 spiro atoms. The number of benzene rings is 1. The number of carboxylic acids is 1. The number of hydrogen-bond acceptors (Lipinski definition) is 4. The highest BCUT2D eigenvalue weighted by Crippen LogP contribution is 2.27. The maximum Gasteiger partial charge on any atom is 0.309 e. The van der Waals surface area contributed by atoms with Gasteiger partial charge in [-0.2, -0.15) is 0 Å². The van der Waals surface area contributed by atoms with Crippen molar-refractivity contribution in [1.29, 1.82) is 0 Å². The molecule has 7 heteroatoms. The lowest BCUT2D eigenvalue weighted by molar-refractivity contribution is -0.136. The maximum absolute atomic E-state index is 13.1. The minimum atomic E-state index is -0.996. The molecule has 122 valence electrons. The molecule has 0 saturated heterocycles. The van der Waals surface area contributed by atoms with Crippen LogP contribution in [0, 0.1) is 12.7 Å². The van der Waals surface area contributed by atoms with Crippen molar-refractivity contribution in [2.75, 3.05) is 0 Å². The van der Waals surface area contributed by atoms with Crippen molar-refractivity contribution in [2.45, 2.75) is 13.3 Å². The van der Waals surface area contributed by atoms with Crippen LogP contribution in [0.3, 0.4) is 0 Å². The molecule has 0 atom stereocenters. The summed E-state index contributed by atoms with van der Waals surface area (Å²) < 4.78 is 18.2. The van der Waals surface area contributed by atoms with Crippen molar-refractivity contribution in [2.24, 2.45) is 0 Å². The summed E-state index contributed by atoms with van der Waals surface area (Å²) in [5.74, 6) is -1.40. The maximum atomic E-state index is 13.1. The smallest absolute Gasteiger partial charge is 0.309 e. The standard InChI is InChI=1S/C17H13FN2O4/c1-9-15(16(20-24-9)10-2-4-12(18)5-3-10)17(23)11-6-13(19-8-11)7-14(21)22/h2-6,8,19H,7H2,1H3,(H,21,22). The van der Waals surface area contributed by atoms with E-state index in [0.29, 0.717) is 28.3 Å². The van der Waals surface area contributed by atoms with E-state index < -0.39 is 11.8 Å².